The molecule has 0 saturated carbocycles. The molecule has 1 fully saturated rings. The largest absolute Gasteiger partial charge is 0.453 e. The molecular formula is C8H14N2O4. The fraction of sp³-hybridized carbons (Fsp3) is 0.750. The predicted octanol–water partition coefficient (Wildman–Crippen LogP) is -1.06. The lowest BCUT2D eigenvalue weighted by molar-refractivity contribution is -0.121. The zero-order chi connectivity index (χ0) is 10.6. The molecule has 1 aliphatic rings. The zero-order valence-corrected chi connectivity index (χ0v) is 8.02. The number of hydrogen-bond acceptors (Lipinski definition) is 5. The number of aliphatic hydroxyl groups is 1. The quantitative estimate of drug-likeness (QED) is 0.596. The van der Waals surface area contributed by atoms with Crippen LogP contribution in [0.15, 0.2) is 0 Å². The molecule has 1 saturated heterocycles. The third-order valence-electron chi connectivity index (χ3n) is 2.04. The summed E-state index contributed by atoms with van der Waals surface area (Å²) in [6.07, 6.45) is -0.443. The number of rotatable bonds is 2. The Hall–Kier alpha value is -1.14. The SMILES string of the molecule is COC(=O)NC(=O)CN1CC[C@H](O)C1. The van der Waals surface area contributed by atoms with Crippen molar-refractivity contribution in [3.63, 3.8) is 0 Å². The number of imide groups is 1. The fourth-order valence-corrected chi connectivity index (χ4v) is 1.36. The molecule has 14 heavy (non-hydrogen) atoms. The Morgan fingerprint density at radius 3 is 2.86 bits per heavy atom. The molecule has 0 aromatic heterocycles. The molecular weight excluding hydrogens is 188 g/mol. The number of β-amino-alcohol motifs (C(OH)–C–C–N with tert-alkyl or cyclic N) is 1. The van der Waals surface area contributed by atoms with Crippen LogP contribution in [0.4, 0.5) is 4.79 Å². The minimum atomic E-state index is -0.755. The molecule has 0 unspecified atom stereocenters. The highest BCUT2D eigenvalue weighted by Gasteiger charge is 2.22. The molecule has 0 aliphatic carbocycles. The molecule has 6 heteroatoms. The van der Waals surface area contributed by atoms with Crippen molar-refractivity contribution in [3.8, 4) is 0 Å². The van der Waals surface area contributed by atoms with Gasteiger partial charge in [-0.25, -0.2) is 4.79 Å². The number of alkyl carbamates (subject to hydrolysis) is 1. The molecule has 1 atom stereocenters. The van der Waals surface area contributed by atoms with E-state index in [1.54, 1.807) is 4.90 Å². The van der Waals surface area contributed by atoms with Gasteiger partial charge in [0.2, 0.25) is 5.91 Å². The maximum atomic E-state index is 11.1. The van der Waals surface area contributed by atoms with E-state index in [9.17, 15) is 14.7 Å². The van der Waals surface area contributed by atoms with Gasteiger partial charge in [0, 0.05) is 13.1 Å². The van der Waals surface area contributed by atoms with Crippen LogP contribution < -0.4 is 5.32 Å². The first-order valence-electron chi connectivity index (χ1n) is 4.40. The summed E-state index contributed by atoms with van der Waals surface area (Å²) in [5, 5.41) is 11.2. The normalized spacial score (nSPS) is 22.0. The number of ether oxygens (including phenoxy) is 1. The first-order chi connectivity index (χ1) is 6.61. The fourth-order valence-electron chi connectivity index (χ4n) is 1.36. The highest BCUT2D eigenvalue weighted by molar-refractivity contribution is 5.92. The van der Waals surface area contributed by atoms with Crippen LogP contribution in [-0.2, 0) is 9.53 Å². The van der Waals surface area contributed by atoms with Crippen molar-refractivity contribution < 1.29 is 19.4 Å². The second-order valence-corrected chi connectivity index (χ2v) is 3.22. The molecule has 0 spiro atoms. The number of aliphatic hydroxyl groups excluding tert-OH is 1. The number of likely N-dealkylation sites (tertiary alicyclic amines) is 1. The van der Waals surface area contributed by atoms with Crippen molar-refractivity contribution in [3.05, 3.63) is 0 Å². The molecule has 80 valence electrons. The maximum absolute atomic E-state index is 11.1. The second kappa shape index (κ2) is 4.92. The average Bonchev–Trinajstić information content (AvgIpc) is 2.50. The van der Waals surface area contributed by atoms with E-state index in [0.29, 0.717) is 19.5 Å². The summed E-state index contributed by atoms with van der Waals surface area (Å²) < 4.78 is 4.27. The topological polar surface area (TPSA) is 78.9 Å². The summed E-state index contributed by atoms with van der Waals surface area (Å²) in [4.78, 5) is 23.6. The first-order valence-corrected chi connectivity index (χ1v) is 4.40. The summed E-state index contributed by atoms with van der Waals surface area (Å²) >= 11 is 0. The number of amides is 2. The van der Waals surface area contributed by atoms with Crippen LogP contribution in [0.2, 0.25) is 0 Å². The molecule has 1 aliphatic heterocycles. The highest BCUT2D eigenvalue weighted by atomic mass is 16.5. The Morgan fingerprint density at radius 2 is 2.36 bits per heavy atom. The van der Waals surface area contributed by atoms with Gasteiger partial charge >= 0.3 is 6.09 Å². The third kappa shape index (κ3) is 3.31. The van der Waals surface area contributed by atoms with Gasteiger partial charge in [-0.2, -0.15) is 0 Å². The van der Waals surface area contributed by atoms with Crippen molar-refractivity contribution >= 4 is 12.0 Å². The van der Waals surface area contributed by atoms with Gasteiger partial charge in [0.25, 0.3) is 0 Å². The van der Waals surface area contributed by atoms with Gasteiger partial charge in [-0.15, -0.1) is 0 Å². The number of hydrogen-bond donors (Lipinski definition) is 2. The Labute approximate surface area is 81.8 Å². The van der Waals surface area contributed by atoms with Crippen molar-refractivity contribution in [1.82, 2.24) is 10.2 Å². The van der Waals surface area contributed by atoms with E-state index in [1.165, 1.54) is 7.11 Å². The van der Waals surface area contributed by atoms with Crippen LogP contribution in [0.3, 0.4) is 0 Å². The van der Waals surface area contributed by atoms with E-state index in [1.807, 2.05) is 5.32 Å². The van der Waals surface area contributed by atoms with E-state index in [4.69, 9.17) is 0 Å². The van der Waals surface area contributed by atoms with E-state index < -0.39 is 12.0 Å². The van der Waals surface area contributed by atoms with Crippen molar-refractivity contribution in [1.29, 1.82) is 0 Å². The van der Waals surface area contributed by atoms with E-state index in [-0.39, 0.29) is 12.6 Å². The van der Waals surface area contributed by atoms with Crippen LogP contribution >= 0.6 is 0 Å². The van der Waals surface area contributed by atoms with Gasteiger partial charge in [-0.3, -0.25) is 15.0 Å². The third-order valence-corrected chi connectivity index (χ3v) is 2.04. The number of carbonyl (C=O) groups is 2. The van der Waals surface area contributed by atoms with Crippen LogP contribution in [0, 0.1) is 0 Å². The Bertz CT molecular complexity index is 231. The number of carbonyl (C=O) groups excluding carboxylic acids is 2. The van der Waals surface area contributed by atoms with Crippen LogP contribution in [0.5, 0.6) is 0 Å². The molecule has 1 rings (SSSR count). The summed E-state index contributed by atoms with van der Waals surface area (Å²) in [6.45, 7) is 1.27. The van der Waals surface area contributed by atoms with Crippen LogP contribution in [-0.4, -0.2) is 54.9 Å². The maximum Gasteiger partial charge on any atom is 0.413 e. The molecule has 0 aromatic carbocycles. The van der Waals surface area contributed by atoms with Crippen molar-refractivity contribution in [2.45, 2.75) is 12.5 Å². The zero-order valence-electron chi connectivity index (χ0n) is 8.02. The Kier molecular flexibility index (Phi) is 3.84. The lowest BCUT2D eigenvalue weighted by atomic mass is 10.3. The smallest absolute Gasteiger partial charge is 0.413 e. The predicted molar refractivity (Wildman–Crippen MR) is 47.6 cm³/mol. The lowest BCUT2D eigenvalue weighted by Gasteiger charge is -2.13. The van der Waals surface area contributed by atoms with Gasteiger partial charge in [-0.05, 0) is 6.42 Å². The molecule has 1 heterocycles. The number of methoxy groups -OCH3 is 1. The molecule has 6 nitrogen and oxygen atoms in total. The standard InChI is InChI=1S/C8H14N2O4/c1-14-8(13)9-7(12)5-10-3-2-6(11)4-10/h6,11H,2-5H2,1H3,(H,9,12,13)/t6-/m0/s1. The van der Waals surface area contributed by atoms with E-state index in [0.717, 1.165) is 0 Å². The summed E-state index contributed by atoms with van der Waals surface area (Å²) in [7, 11) is 1.20. The monoisotopic (exact) mass is 202 g/mol. The van der Waals surface area contributed by atoms with Gasteiger partial charge in [-0.1, -0.05) is 0 Å². The van der Waals surface area contributed by atoms with Crippen molar-refractivity contribution in [2.75, 3.05) is 26.7 Å². The molecule has 0 bridgehead atoms. The average molecular weight is 202 g/mol. The summed E-state index contributed by atoms with van der Waals surface area (Å²) in [6, 6.07) is 0. The minimum Gasteiger partial charge on any atom is -0.453 e. The van der Waals surface area contributed by atoms with Gasteiger partial charge in [0.1, 0.15) is 0 Å². The first kappa shape index (κ1) is 10.9. The molecule has 2 N–H and O–H groups in total. The molecule has 2 amide bonds. The Balaban J connectivity index is 2.23. The van der Waals surface area contributed by atoms with Crippen LogP contribution in [0.25, 0.3) is 0 Å². The summed E-state index contributed by atoms with van der Waals surface area (Å²) in [5.41, 5.74) is 0. The molecule has 0 radical (unpaired) electrons. The second-order valence-electron chi connectivity index (χ2n) is 3.22. The van der Waals surface area contributed by atoms with Gasteiger partial charge in [0.05, 0.1) is 19.8 Å². The summed E-state index contributed by atoms with van der Waals surface area (Å²) in [5.74, 6) is -0.411. The highest BCUT2D eigenvalue weighted by Crippen LogP contribution is 2.07. The van der Waals surface area contributed by atoms with Gasteiger partial charge in [0.15, 0.2) is 0 Å². The minimum absolute atomic E-state index is 0.117. The van der Waals surface area contributed by atoms with E-state index in [2.05, 4.69) is 4.74 Å². The lowest BCUT2D eigenvalue weighted by Crippen LogP contribution is -2.39. The molecule has 0 aromatic rings. The van der Waals surface area contributed by atoms with Crippen LogP contribution in [0.1, 0.15) is 6.42 Å². The van der Waals surface area contributed by atoms with Crippen molar-refractivity contribution in [2.24, 2.45) is 0 Å². The van der Waals surface area contributed by atoms with Gasteiger partial charge < -0.3 is 9.84 Å². The van der Waals surface area contributed by atoms with E-state index >= 15 is 0 Å². The Morgan fingerprint density at radius 1 is 1.64 bits per heavy atom. The number of nitrogens with zero attached hydrogens (tertiary/aromatic N) is 1. The number of nitrogens with one attached hydrogen (secondary N) is 1.